The van der Waals surface area contributed by atoms with Crippen molar-refractivity contribution in [3.05, 3.63) is 36.3 Å². The van der Waals surface area contributed by atoms with E-state index in [9.17, 15) is 8.78 Å². The molecule has 7 heteroatoms. The number of benzene rings is 1. The van der Waals surface area contributed by atoms with E-state index >= 15 is 0 Å². The van der Waals surface area contributed by atoms with Gasteiger partial charge in [0.2, 0.25) is 0 Å². The van der Waals surface area contributed by atoms with E-state index in [0.717, 1.165) is 24.1 Å². The summed E-state index contributed by atoms with van der Waals surface area (Å²) >= 11 is 3.33. The molecule has 1 aliphatic carbocycles. The Balaban J connectivity index is 1.88. The Hall–Kier alpha value is -1.76. The molecule has 0 bridgehead atoms. The Morgan fingerprint density at radius 3 is 2.74 bits per heavy atom. The van der Waals surface area contributed by atoms with Crippen LogP contribution in [0, 0.1) is 5.92 Å². The van der Waals surface area contributed by atoms with Gasteiger partial charge in [0.15, 0.2) is 11.5 Å². The number of aromatic nitrogens is 2. The lowest BCUT2D eigenvalue weighted by Gasteiger charge is -2.13. The second-order valence-electron chi connectivity index (χ2n) is 5.32. The normalized spacial score (nSPS) is 14.1. The van der Waals surface area contributed by atoms with Crippen LogP contribution in [0.1, 0.15) is 18.5 Å². The van der Waals surface area contributed by atoms with Gasteiger partial charge in [-0.15, -0.1) is 0 Å². The first-order chi connectivity index (χ1) is 11.2. The van der Waals surface area contributed by atoms with Crippen LogP contribution in [0.15, 0.2) is 30.6 Å². The van der Waals surface area contributed by atoms with Crippen LogP contribution in [-0.2, 0) is 5.33 Å². The first-order valence-corrected chi connectivity index (χ1v) is 8.37. The van der Waals surface area contributed by atoms with Gasteiger partial charge in [0.05, 0.1) is 24.2 Å². The standard InChI is InChI=1S/C16H15BrF2N2O2/c17-6-12-7-20-8-13(21-12)11-3-4-14(23-16(18)19)15(5-11)22-9-10-1-2-10/h3-5,7-8,10,16H,1-2,6,9H2. The minimum atomic E-state index is -2.89. The summed E-state index contributed by atoms with van der Waals surface area (Å²) in [6, 6.07) is 4.82. The van der Waals surface area contributed by atoms with Gasteiger partial charge in [0.1, 0.15) is 0 Å². The highest BCUT2D eigenvalue weighted by molar-refractivity contribution is 9.08. The van der Waals surface area contributed by atoms with Crippen molar-refractivity contribution in [2.45, 2.75) is 24.8 Å². The molecule has 3 rings (SSSR count). The van der Waals surface area contributed by atoms with Crippen molar-refractivity contribution in [3.8, 4) is 22.8 Å². The van der Waals surface area contributed by atoms with Crippen LogP contribution < -0.4 is 9.47 Å². The summed E-state index contributed by atoms with van der Waals surface area (Å²) in [7, 11) is 0. The van der Waals surface area contributed by atoms with Gasteiger partial charge in [-0.1, -0.05) is 15.9 Å². The van der Waals surface area contributed by atoms with Crippen LogP contribution in [0.3, 0.4) is 0 Å². The lowest BCUT2D eigenvalue weighted by Crippen LogP contribution is -2.06. The minimum Gasteiger partial charge on any atom is -0.489 e. The second-order valence-corrected chi connectivity index (χ2v) is 5.88. The molecule has 0 aliphatic heterocycles. The monoisotopic (exact) mass is 384 g/mol. The van der Waals surface area contributed by atoms with Crippen molar-refractivity contribution < 1.29 is 18.3 Å². The van der Waals surface area contributed by atoms with E-state index in [1.165, 1.54) is 6.07 Å². The maximum Gasteiger partial charge on any atom is 0.387 e. The third kappa shape index (κ3) is 4.37. The van der Waals surface area contributed by atoms with Crippen LogP contribution in [0.2, 0.25) is 0 Å². The molecular weight excluding hydrogens is 370 g/mol. The molecule has 0 radical (unpaired) electrons. The van der Waals surface area contributed by atoms with E-state index in [2.05, 4.69) is 30.6 Å². The highest BCUT2D eigenvalue weighted by Crippen LogP contribution is 2.36. The summed E-state index contributed by atoms with van der Waals surface area (Å²) in [5, 5.41) is 0.589. The molecule has 1 fully saturated rings. The Bertz CT molecular complexity index is 681. The van der Waals surface area contributed by atoms with Gasteiger partial charge in [0.25, 0.3) is 0 Å². The summed E-state index contributed by atoms with van der Waals surface area (Å²) < 4.78 is 35.3. The number of alkyl halides is 3. The summed E-state index contributed by atoms with van der Waals surface area (Å²) in [6.07, 6.45) is 5.52. The molecule has 0 saturated heterocycles. The highest BCUT2D eigenvalue weighted by atomic mass is 79.9. The molecule has 1 saturated carbocycles. The number of nitrogens with zero attached hydrogens (tertiary/aromatic N) is 2. The molecule has 4 nitrogen and oxygen atoms in total. The topological polar surface area (TPSA) is 44.2 Å². The van der Waals surface area contributed by atoms with Crippen LogP contribution in [-0.4, -0.2) is 23.2 Å². The van der Waals surface area contributed by atoms with Crippen LogP contribution in [0.25, 0.3) is 11.3 Å². The first kappa shape index (κ1) is 16.1. The number of halogens is 3. The zero-order chi connectivity index (χ0) is 16.2. The summed E-state index contributed by atoms with van der Waals surface area (Å²) in [4.78, 5) is 8.58. The fourth-order valence-corrected chi connectivity index (χ4v) is 2.35. The molecule has 0 atom stereocenters. The fourth-order valence-electron chi connectivity index (χ4n) is 2.08. The van der Waals surface area contributed by atoms with Gasteiger partial charge >= 0.3 is 6.61 Å². The number of hydrogen-bond donors (Lipinski definition) is 0. The zero-order valence-electron chi connectivity index (χ0n) is 12.2. The predicted octanol–water partition coefficient (Wildman–Crippen LogP) is 4.43. The smallest absolute Gasteiger partial charge is 0.387 e. The van der Waals surface area contributed by atoms with Crippen molar-refractivity contribution in [1.29, 1.82) is 0 Å². The Kier molecular flexibility index (Phi) is 5.05. The van der Waals surface area contributed by atoms with Crippen molar-refractivity contribution in [3.63, 3.8) is 0 Å². The molecule has 1 aromatic heterocycles. The van der Waals surface area contributed by atoms with E-state index in [1.54, 1.807) is 24.5 Å². The quantitative estimate of drug-likeness (QED) is 0.662. The fraction of sp³-hybridized carbons (Fsp3) is 0.375. The maximum absolute atomic E-state index is 12.5. The largest absolute Gasteiger partial charge is 0.489 e. The zero-order valence-corrected chi connectivity index (χ0v) is 13.8. The molecule has 0 N–H and O–H groups in total. The molecule has 1 aliphatic rings. The van der Waals surface area contributed by atoms with Crippen LogP contribution in [0.4, 0.5) is 8.78 Å². The predicted molar refractivity (Wildman–Crippen MR) is 85.0 cm³/mol. The van der Waals surface area contributed by atoms with Gasteiger partial charge in [-0.3, -0.25) is 4.98 Å². The number of rotatable bonds is 7. The summed E-state index contributed by atoms with van der Waals surface area (Å²) in [5.74, 6) is 0.851. The van der Waals surface area contributed by atoms with Crippen LogP contribution >= 0.6 is 15.9 Å². The van der Waals surface area contributed by atoms with Crippen LogP contribution in [0.5, 0.6) is 11.5 Å². The van der Waals surface area contributed by atoms with Gasteiger partial charge in [-0.05, 0) is 37.0 Å². The van der Waals surface area contributed by atoms with E-state index in [0.29, 0.717) is 29.3 Å². The first-order valence-electron chi connectivity index (χ1n) is 7.24. The lowest BCUT2D eigenvalue weighted by atomic mass is 10.1. The average Bonchev–Trinajstić information content (AvgIpc) is 3.38. The molecule has 0 amide bonds. The van der Waals surface area contributed by atoms with E-state index in [1.807, 2.05) is 0 Å². The Labute approximate surface area is 141 Å². The third-order valence-corrected chi connectivity index (χ3v) is 4.02. The highest BCUT2D eigenvalue weighted by Gasteiger charge is 2.23. The van der Waals surface area contributed by atoms with E-state index in [4.69, 9.17) is 4.74 Å². The molecule has 1 aromatic carbocycles. The summed E-state index contributed by atoms with van der Waals surface area (Å²) in [6.45, 7) is -2.38. The van der Waals surface area contributed by atoms with E-state index < -0.39 is 6.61 Å². The molecule has 23 heavy (non-hydrogen) atoms. The number of ether oxygens (including phenoxy) is 2. The molecule has 0 spiro atoms. The average molecular weight is 385 g/mol. The van der Waals surface area contributed by atoms with Crippen molar-refractivity contribution in [1.82, 2.24) is 9.97 Å². The lowest BCUT2D eigenvalue weighted by molar-refractivity contribution is -0.0515. The third-order valence-electron chi connectivity index (χ3n) is 3.45. The molecule has 0 unspecified atom stereocenters. The Morgan fingerprint density at radius 2 is 2.04 bits per heavy atom. The number of hydrogen-bond acceptors (Lipinski definition) is 4. The Morgan fingerprint density at radius 1 is 1.22 bits per heavy atom. The molecule has 122 valence electrons. The van der Waals surface area contributed by atoms with Crippen molar-refractivity contribution >= 4 is 15.9 Å². The molecule has 1 heterocycles. The van der Waals surface area contributed by atoms with Gasteiger partial charge in [-0.25, -0.2) is 4.98 Å². The van der Waals surface area contributed by atoms with Crippen molar-refractivity contribution in [2.24, 2.45) is 5.92 Å². The second kappa shape index (κ2) is 7.21. The SMILES string of the molecule is FC(F)Oc1ccc(-c2cncc(CBr)n2)cc1OCC1CC1. The van der Waals surface area contributed by atoms with Gasteiger partial charge in [0, 0.05) is 17.1 Å². The van der Waals surface area contributed by atoms with Gasteiger partial charge < -0.3 is 9.47 Å². The maximum atomic E-state index is 12.5. The van der Waals surface area contributed by atoms with Crippen molar-refractivity contribution in [2.75, 3.05) is 6.61 Å². The minimum absolute atomic E-state index is 0.0361. The molecular formula is C16H15BrF2N2O2. The summed E-state index contributed by atoms with van der Waals surface area (Å²) in [5.41, 5.74) is 2.19. The molecule has 2 aromatic rings. The van der Waals surface area contributed by atoms with E-state index in [-0.39, 0.29) is 5.75 Å². The van der Waals surface area contributed by atoms with Gasteiger partial charge in [-0.2, -0.15) is 8.78 Å².